The lowest BCUT2D eigenvalue weighted by Crippen LogP contribution is -2.16. The third-order valence-corrected chi connectivity index (χ3v) is 3.40. The van der Waals surface area contributed by atoms with Gasteiger partial charge in [0.15, 0.2) is 0 Å². The molecule has 16 heavy (non-hydrogen) atoms. The lowest BCUT2D eigenvalue weighted by Gasteiger charge is -2.23. The average Bonchev–Trinajstić information content (AvgIpc) is 2.24. The van der Waals surface area contributed by atoms with E-state index >= 15 is 0 Å². The molecule has 2 heteroatoms. The summed E-state index contributed by atoms with van der Waals surface area (Å²) in [7, 11) is 0. The summed E-state index contributed by atoms with van der Waals surface area (Å²) in [6.07, 6.45) is 13.9. The minimum Gasteiger partial charge on any atom is -0.402 e. The van der Waals surface area contributed by atoms with Crippen LogP contribution < -0.4 is 11.5 Å². The van der Waals surface area contributed by atoms with Crippen LogP contribution in [0.5, 0.6) is 0 Å². The Morgan fingerprint density at radius 3 is 2.62 bits per heavy atom. The van der Waals surface area contributed by atoms with E-state index in [0.29, 0.717) is 11.8 Å². The molecule has 0 amide bonds. The quantitative estimate of drug-likeness (QED) is 0.745. The van der Waals surface area contributed by atoms with Gasteiger partial charge in [-0.1, -0.05) is 24.3 Å². The van der Waals surface area contributed by atoms with Gasteiger partial charge < -0.3 is 11.5 Å². The van der Waals surface area contributed by atoms with Crippen LogP contribution in [-0.4, -0.2) is 0 Å². The van der Waals surface area contributed by atoms with Gasteiger partial charge >= 0.3 is 0 Å². The first kappa shape index (κ1) is 11.1. The molecule has 2 aliphatic rings. The first-order chi connectivity index (χ1) is 7.65. The van der Waals surface area contributed by atoms with Crippen molar-refractivity contribution in [2.24, 2.45) is 23.3 Å². The van der Waals surface area contributed by atoms with Crippen LogP contribution in [0.2, 0.25) is 0 Å². The predicted molar refractivity (Wildman–Crippen MR) is 68.3 cm³/mol. The maximum Gasteiger partial charge on any atom is 0.0116 e. The van der Waals surface area contributed by atoms with Gasteiger partial charge in [0.25, 0.3) is 0 Å². The minimum absolute atomic E-state index is 0.573. The molecule has 0 radical (unpaired) electrons. The van der Waals surface area contributed by atoms with Gasteiger partial charge in [0, 0.05) is 11.4 Å². The first-order valence-corrected chi connectivity index (χ1v) is 5.91. The van der Waals surface area contributed by atoms with E-state index in [1.165, 1.54) is 5.57 Å². The zero-order valence-electron chi connectivity index (χ0n) is 9.82. The van der Waals surface area contributed by atoms with Crippen LogP contribution in [0.3, 0.4) is 0 Å². The fourth-order valence-corrected chi connectivity index (χ4v) is 2.39. The van der Waals surface area contributed by atoms with Crippen molar-refractivity contribution in [2.45, 2.75) is 26.2 Å². The Balaban J connectivity index is 1.91. The SMILES string of the molecule is CC1=C(N)CC(CC2C=CC=C(N)C2)C=C1. The molecule has 0 aromatic rings. The van der Waals surface area contributed by atoms with Crippen LogP contribution >= 0.6 is 0 Å². The van der Waals surface area contributed by atoms with Crippen LogP contribution in [0.15, 0.2) is 47.3 Å². The summed E-state index contributed by atoms with van der Waals surface area (Å²) in [5.41, 5.74) is 15.1. The van der Waals surface area contributed by atoms with Gasteiger partial charge in [0.1, 0.15) is 0 Å². The molecular weight excluding hydrogens is 196 g/mol. The highest BCUT2D eigenvalue weighted by atomic mass is 14.6. The van der Waals surface area contributed by atoms with Crippen LogP contribution in [-0.2, 0) is 0 Å². The molecule has 0 aromatic carbocycles. The van der Waals surface area contributed by atoms with Crippen LogP contribution in [0, 0.1) is 11.8 Å². The fourth-order valence-electron chi connectivity index (χ4n) is 2.39. The Morgan fingerprint density at radius 2 is 1.94 bits per heavy atom. The summed E-state index contributed by atoms with van der Waals surface area (Å²) < 4.78 is 0. The molecule has 0 bridgehead atoms. The van der Waals surface area contributed by atoms with E-state index in [0.717, 1.165) is 30.7 Å². The topological polar surface area (TPSA) is 52.0 Å². The normalized spacial score (nSPS) is 29.4. The van der Waals surface area contributed by atoms with Crippen molar-refractivity contribution in [3.8, 4) is 0 Å². The number of allylic oxidation sites excluding steroid dienone is 8. The lowest BCUT2D eigenvalue weighted by atomic mass is 9.83. The molecular formula is C14H20N2. The van der Waals surface area contributed by atoms with E-state index in [1.54, 1.807) is 0 Å². The van der Waals surface area contributed by atoms with Crippen LogP contribution in [0.25, 0.3) is 0 Å². The highest BCUT2D eigenvalue weighted by Gasteiger charge is 2.18. The molecule has 2 unspecified atom stereocenters. The van der Waals surface area contributed by atoms with Gasteiger partial charge in [-0.2, -0.15) is 0 Å². The Hall–Kier alpha value is -1.44. The second-order valence-corrected chi connectivity index (χ2v) is 4.86. The summed E-state index contributed by atoms with van der Waals surface area (Å²) in [6, 6.07) is 0. The molecule has 0 fully saturated rings. The van der Waals surface area contributed by atoms with Gasteiger partial charge in [-0.15, -0.1) is 0 Å². The maximum atomic E-state index is 5.98. The largest absolute Gasteiger partial charge is 0.402 e. The van der Waals surface area contributed by atoms with Crippen molar-refractivity contribution >= 4 is 0 Å². The molecule has 4 N–H and O–H groups in total. The molecule has 2 nitrogen and oxygen atoms in total. The third-order valence-electron chi connectivity index (χ3n) is 3.40. The molecule has 0 saturated carbocycles. The van der Waals surface area contributed by atoms with Gasteiger partial charge in [0.05, 0.1) is 0 Å². The fraction of sp³-hybridized carbons (Fsp3) is 0.429. The maximum absolute atomic E-state index is 5.98. The van der Waals surface area contributed by atoms with Crippen molar-refractivity contribution in [1.82, 2.24) is 0 Å². The van der Waals surface area contributed by atoms with E-state index in [1.807, 2.05) is 6.08 Å². The van der Waals surface area contributed by atoms with Crippen molar-refractivity contribution < 1.29 is 0 Å². The standard InChI is InChI=1S/C14H20N2/c1-10-5-6-12(9-14(10)16)7-11-3-2-4-13(15)8-11/h2-6,11-12H,7-9,15-16H2,1H3. The average molecular weight is 216 g/mol. The summed E-state index contributed by atoms with van der Waals surface area (Å²) in [5.74, 6) is 1.15. The number of rotatable bonds is 2. The van der Waals surface area contributed by atoms with E-state index < -0.39 is 0 Å². The highest BCUT2D eigenvalue weighted by Crippen LogP contribution is 2.29. The van der Waals surface area contributed by atoms with Gasteiger partial charge in [-0.05, 0) is 49.7 Å². The minimum atomic E-state index is 0.573. The smallest absolute Gasteiger partial charge is 0.0116 e. The molecule has 0 heterocycles. The van der Waals surface area contributed by atoms with E-state index in [2.05, 4.69) is 31.2 Å². The zero-order chi connectivity index (χ0) is 11.5. The summed E-state index contributed by atoms with van der Waals surface area (Å²) in [6.45, 7) is 2.07. The van der Waals surface area contributed by atoms with Crippen molar-refractivity contribution in [3.05, 3.63) is 47.3 Å². The number of hydrogen-bond acceptors (Lipinski definition) is 2. The summed E-state index contributed by atoms with van der Waals surface area (Å²) >= 11 is 0. The molecule has 0 saturated heterocycles. The van der Waals surface area contributed by atoms with Crippen molar-refractivity contribution in [2.75, 3.05) is 0 Å². The first-order valence-electron chi connectivity index (χ1n) is 5.91. The highest BCUT2D eigenvalue weighted by molar-refractivity contribution is 5.27. The monoisotopic (exact) mass is 216 g/mol. The second-order valence-electron chi connectivity index (χ2n) is 4.86. The molecule has 0 spiro atoms. The van der Waals surface area contributed by atoms with Gasteiger partial charge in [-0.25, -0.2) is 0 Å². The third kappa shape index (κ3) is 2.57. The van der Waals surface area contributed by atoms with Crippen LogP contribution in [0.4, 0.5) is 0 Å². The van der Waals surface area contributed by atoms with E-state index in [4.69, 9.17) is 11.5 Å². The van der Waals surface area contributed by atoms with Crippen molar-refractivity contribution in [3.63, 3.8) is 0 Å². The molecule has 2 rings (SSSR count). The Bertz CT molecular complexity index is 386. The predicted octanol–water partition coefficient (Wildman–Crippen LogP) is 2.60. The van der Waals surface area contributed by atoms with Gasteiger partial charge in [0.2, 0.25) is 0 Å². The van der Waals surface area contributed by atoms with Gasteiger partial charge in [-0.3, -0.25) is 0 Å². The van der Waals surface area contributed by atoms with E-state index in [9.17, 15) is 0 Å². The molecule has 0 aromatic heterocycles. The zero-order valence-corrected chi connectivity index (χ0v) is 9.82. The molecule has 2 atom stereocenters. The lowest BCUT2D eigenvalue weighted by molar-refractivity contribution is 0.466. The Kier molecular flexibility index (Phi) is 3.18. The van der Waals surface area contributed by atoms with Crippen molar-refractivity contribution in [1.29, 1.82) is 0 Å². The summed E-state index contributed by atoms with van der Waals surface area (Å²) in [4.78, 5) is 0. The number of nitrogens with two attached hydrogens (primary N) is 2. The second kappa shape index (κ2) is 4.60. The Labute approximate surface area is 97.4 Å². The molecule has 2 aliphatic carbocycles. The summed E-state index contributed by atoms with van der Waals surface area (Å²) in [5, 5.41) is 0. The Morgan fingerprint density at radius 1 is 1.19 bits per heavy atom. The van der Waals surface area contributed by atoms with E-state index in [-0.39, 0.29) is 0 Å². The number of hydrogen-bond donors (Lipinski definition) is 2. The molecule has 0 aliphatic heterocycles. The molecule has 86 valence electrons. The van der Waals surface area contributed by atoms with Crippen LogP contribution in [0.1, 0.15) is 26.2 Å².